The molecule has 0 aliphatic rings. The molecule has 0 saturated heterocycles. The Morgan fingerprint density at radius 3 is 2.09 bits per heavy atom. The third-order valence-corrected chi connectivity index (χ3v) is 6.32. The van der Waals surface area contributed by atoms with Crippen molar-refractivity contribution in [3.63, 3.8) is 0 Å². The molecular formula is C22H21ClN6O4S. The number of ether oxygens (including phenoxy) is 2. The van der Waals surface area contributed by atoms with Gasteiger partial charge in [-0.3, -0.25) is 0 Å². The fraction of sp³-hybridized carbons (Fsp3) is 0.182. The third kappa shape index (κ3) is 4.95. The minimum atomic E-state index is -3.87. The number of hydrogen-bond acceptors (Lipinski definition) is 9. The van der Waals surface area contributed by atoms with Crippen molar-refractivity contribution < 1.29 is 17.9 Å². The monoisotopic (exact) mass is 500 g/mol. The lowest BCUT2D eigenvalue weighted by Gasteiger charge is -2.13. The predicted molar refractivity (Wildman–Crippen MR) is 130 cm³/mol. The molecule has 12 heteroatoms. The molecule has 0 spiro atoms. The zero-order valence-electron chi connectivity index (χ0n) is 18.7. The Labute approximate surface area is 201 Å². The van der Waals surface area contributed by atoms with Gasteiger partial charge in [0.25, 0.3) is 10.0 Å². The average molecular weight is 501 g/mol. The lowest BCUT2D eigenvalue weighted by Crippen LogP contribution is -2.15. The molecule has 0 aliphatic heterocycles. The van der Waals surface area contributed by atoms with Crippen molar-refractivity contribution in [3.05, 3.63) is 59.1 Å². The highest BCUT2D eigenvalue weighted by molar-refractivity contribution is 7.92. The first kappa shape index (κ1) is 23.5. The smallest absolute Gasteiger partial charge is 0.264 e. The number of benzene rings is 2. The summed E-state index contributed by atoms with van der Waals surface area (Å²) in [6, 6.07) is 11.3. The Balaban J connectivity index is 1.62. The minimum absolute atomic E-state index is 0.0196. The average Bonchev–Trinajstić information content (AvgIpc) is 2.77. The molecule has 2 heterocycles. The van der Waals surface area contributed by atoms with Gasteiger partial charge in [-0.1, -0.05) is 0 Å². The number of halogens is 1. The van der Waals surface area contributed by atoms with Gasteiger partial charge in [-0.15, -0.1) is 0 Å². The second-order valence-corrected chi connectivity index (χ2v) is 9.32. The van der Waals surface area contributed by atoms with Crippen LogP contribution in [0.25, 0.3) is 10.9 Å². The fourth-order valence-electron chi connectivity index (χ4n) is 3.33. The van der Waals surface area contributed by atoms with Crippen LogP contribution in [-0.2, 0) is 10.0 Å². The van der Waals surface area contributed by atoms with E-state index in [1.54, 1.807) is 44.2 Å². The number of nitrogens with one attached hydrogen (secondary N) is 2. The molecule has 0 radical (unpaired) electrons. The standard InChI is InChI=1S/C22H21ClN6O4S/c1-12-9-13(2)25-22(24-12)29-34(30,31)15-7-5-14(6-8-15)26-20-16-10-18(32-3)19(33-4)11-17(16)27-21(23)28-20/h5-11H,1-4H3,(H,24,25,29)(H,26,27,28). The molecule has 176 valence electrons. The summed E-state index contributed by atoms with van der Waals surface area (Å²) >= 11 is 6.11. The van der Waals surface area contributed by atoms with Crippen molar-refractivity contribution in [2.45, 2.75) is 18.7 Å². The molecule has 0 saturated carbocycles. The van der Waals surface area contributed by atoms with Gasteiger partial charge >= 0.3 is 0 Å². The minimum Gasteiger partial charge on any atom is -0.493 e. The Morgan fingerprint density at radius 2 is 1.47 bits per heavy atom. The van der Waals surface area contributed by atoms with Crippen LogP contribution < -0.4 is 19.5 Å². The first-order chi connectivity index (χ1) is 16.2. The van der Waals surface area contributed by atoms with E-state index >= 15 is 0 Å². The molecule has 0 fully saturated rings. The van der Waals surface area contributed by atoms with Gasteiger partial charge in [0.2, 0.25) is 11.2 Å². The van der Waals surface area contributed by atoms with Crippen LogP contribution in [0.4, 0.5) is 17.5 Å². The summed E-state index contributed by atoms with van der Waals surface area (Å²) in [5.74, 6) is 1.45. The van der Waals surface area contributed by atoms with Gasteiger partial charge < -0.3 is 14.8 Å². The first-order valence-corrected chi connectivity index (χ1v) is 11.9. The van der Waals surface area contributed by atoms with E-state index in [-0.39, 0.29) is 16.1 Å². The summed E-state index contributed by atoms with van der Waals surface area (Å²) in [6.45, 7) is 3.53. The highest BCUT2D eigenvalue weighted by atomic mass is 35.5. The second-order valence-electron chi connectivity index (χ2n) is 7.29. The number of aromatic nitrogens is 4. The van der Waals surface area contributed by atoms with Crippen LogP contribution in [0, 0.1) is 13.8 Å². The quantitative estimate of drug-likeness (QED) is 0.358. The Bertz CT molecular complexity index is 1460. The molecule has 4 aromatic rings. The van der Waals surface area contributed by atoms with E-state index in [0.717, 1.165) is 0 Å². The Kier molecular flexibility index (Phi) is 6.40. The molecule has 2 aromatic heterocycles. The molecule has 0 aliphatic carbocycles. The number of anilines is 3. The van der Waals surface area contributed by atoms with Crippen LogP contribution in [0.2, 0.25) is 5.28 Å². The molecule has 0 unspecified atom stereocenters. The van der Waals surface area contributed by atoms with E-state index in [1.165, 1.54) is 26.4 Å². The normalized spacial score (nSPS) is 11.3. The number of fused-ring (bicyclic) bond motifs is 1. The summed E-state index contributed by atoms with van der Waals surface area (Å²) in [5, 5.41) is 3.83. The zero-order chi connectivity index (χ0) is 24.5. The molecule has 2 N–H and O–H groups in total. The number of nitrogens with zero attached hydrogens (tertiary/aromatic N) is 4. The maximum absolute atomic E-state index is 12.8. The topological polar surface area (TPSA) is 128 Å². The number of rotatable bonds is 7. The highest BCUT2D eigenvalue weighted by Gasteiger charge is 2.17. The van der Waals surface area contributed by atoms with Gasteiger partial charge in [-0.05, 0) is 61.8 Å². The van der Waals surface area contributed by atoms with E-state index in [0.29, 0.717) is 45.3 Å². The molecule has 0 bridgehead atoms. The van der Waals surface area contributed by atoms with Gasteiger partial charge in [0.15, 0.2) is 11.5 Å². The van der Waals surface area contributed by atoms with Gasteiger partial charge in [0, 0.05) is 28.5 Å². The van der Waals surface area contributed by atoms with E-state index < -0.39 is 10.0 Å². The largest absolute Gasteiger partial charge is 0.493 e. The maximum Gasteiger partial charge on any atom is 0.264 e. The molecule has 34 heavy (non-hydrogen) atoms. The summed E-state index contributed by atoms with van der Waals surface area (Å²) in [6.07, 6.45) is 0. The number of aryl methyl sites for hydroxylation is 2. The van der Waals surface area contributed by atoms with Gasteiger partial charge in [0.1, 0.15) is 5.82 Å². The lowest BCUT2D eigenvalue weighted by atomic mass is 10.2. The number of hydrogen-bond donors (Lipinski definition) is 2. The van der Waals surface area contributed by atoms with Crippen molar-refractivity contribution in [2.24, 2.45) is 0 Å². The first-order valence-electron chi connectivity index (χ1n) is 10.00. The number of methoxy groups -OCH3 is 2. The third-order valence-electron chi connectivity index (χ3n) is 4.81. The van der Waals surface area contributed by atoms with Crippen molar-refractivity contribution in [1.82, 2.24) is 19.9 Å². The van der Waals surface area contributed by atoms with Crippen LogP contribution in [0.1, 0.15) is 11.4 Å². The van der Waals surface area contributed by atoms with Crippen molar-refractivity contribution in [3.8, 4) is 11.5 Å². The predicted octanol–water partition coefficient (Wildman–Crippen LogP) is 4.25. The number of sulfonamides is 1. The molecule has 0 atom stereocenters. The van der Waals surface area contributed by atoms with Crippen LogP contribution in [0.5, 0.6) is 11.5 Å². The van der Waals surface area contributed by atoms with Gasteiger partial charge in [-0.2, -0.15) is 4.98 Å². The SMILES string of the molecule is COc1cc2nc(Cl)nc(Nc3ccc(S(=O)(=O)Nc4nc(C)cc(C)n4)cc3)c2cc1OC. The maximum atomic E-state index is 12.8. The lowest BCUT2D eigenvalue weighted by molar-refractivity contribution is 0.356. The Hall–Kier alpha value is -3.70. The molecule has 0 amide bonds. The highest BCUT2D eigenvalue weighted by Crippen LogP contribution is 2.35. The van der Waals surface area contributed by atoms with E-state index in [4.69, 9.17) is 21.1 Å². The summed E-state index contributed by atoms with van der Waals surface area (Å²) < 4.78 is 38.6. The van der Waals surface area contributed by atoms with E-state index in [1.807, 2.05) is 0 Å². The van der Waals surface area contributed by atoms with Gasteiger partial charge in [-0.25, -0.2) is 28.1 Å². The van der Waals surface area contributed by atoms with Crippen molar-refractivity contribution in [1.29, 1.82) is 0 Å². The van der Waals surface area contributed by atoms with Crippen LogP contribution in [-0.4, -0.2) is 42.6 Å². The second kappa shape index (κ2) is 9.27. The van der Waals surface area contributed by atoms with E-state index in [2.05, 4.69) is 30.0 Å². The summed E-state index contributed by atoms with van der Waals surface area (Å²) in [4.78, 5) is 16.8. The summed E-state index contributed by atoms with van der Waals surface area (Å²) in [7, 11) is -0.813. The molecular weight excluding hydrogens is 480 g/mol. The Morgan fingerprint density at radius 1 is 0.853 bits per heavy atom. The molecule has 4 rings (SSSR count). The van der Waals surface area contributed by atoms with Crippen molar-refractivity contribution >= 4 is 50.0 Å². The molecule has 10 nitrogen and oxygen atoms in total. The van der Waals surface area contributed by atoms with Crippen LogP contribution in [0.3, 0.4) is 0 Å². The van der Waals surface area contributed by atoms with Crippen molar-refractivity contribution in [2.75, 3.05) is 24.3 Å². The van der Waals surface area contributed by atoms with E-state index in [9.17, 15) is 8.42 Å². The summed E-state index contributed by atoms with van der Waals surface area (Å²) in [5.41, 5.74) is 2.47. The fourth-order valence-corrected chi connectivity index (χ4v) is 4.45. The van der Waals surface area contributed by atoms with Gasteiger partial charge in [0.05, 0.1) is 24.6 Å². The zero-order valence-corrected chi connectivity index (χ0v) is 20.3. The molecule has 2 aromatic carbocycles. The van der Waals surface area contributed by atoms with Crippen LogP contribution in [0.15, 0.2) is 47.4 Å². The van der Waals surface area contributed by atoms with Crippen LogP contribution >= 0.6 is 11.6 Å².